The van der Waals surface area contributed by atoms with Crippen molar-refractivity contribution in [2.24, 2.45) is 0 Å². The maximum absolute atomic E-state index is 12.9. The minimum atomic E-state index is -4.77. The highest BCUT2D eigenvalue weighted by molar-refractivity contribution is 5.96. The molecule has 0 spiro atoms. The minimum Gasteiger partial charge on any atom is -0.406 e. The lowest BCUT2D eigenvalue weighted by molar-refractivity contribution is -0.274. The summed E-state index contributed by atoms with van der Waals surface area (Å²) in [6.07, 6.45) is -0.199. The van der Waals surface area contributed by atoms with Gasteiger partial charge in [-0.25, -0.2) is 0 Å². The zero-order chi connectivity index (χ0) is 21.3. The van der Waals surface area contributed by atoms with E-state index in [4.69, 9.17) is 0 Å². The number of benzene rings is 1. The fourth-order valence-electron chi connectivity index (χ4n) is 3.86. The zero-order valence-electron chi connectivity index (χ0n) is 16.2. The Morgan fingerprint density at radius 2 is 1.53 bits per heavy atom. The molecule has 10 heteroatoms. The van der Waals surface area contributed by atoms with Crippen molar-refractivity contribution in [3.8, 4) is 5.75 Å². The van der Waals surface area contributed by atoms with Crippen molar-refractivity contribution in [3.05, 3.63) is 47.3 Å². The Morgan fingerprint density at radius 3 is 2.17 bits per heavy atom. The number of rotatable bonds is 3. The summed E-state index contributed by atoms with van der Waals surface area (Å²) >= 11 is 0. The number of amides is 2. The average molecular weight is 422 g/mol. The van der Waals surface area contributed by atoms with Crippen LogP contribution in [-0.4, -0.2) is 63.9 Å². The molecule has 0 radical (unpaired) electrons. The van der Waals surface area contributed by atoms with Crippen LogP contribution in [-0.2, 0) is 13.0 Å². The summed E-state index contributed by atoms with van der Waals surface area (Å²) in [6, 6.07) is 4.84. The summed E-state index contributed by atoms with van der Waals surface area (Å²) in [5.41, 5.74) is 1.88. The highest BCUT2D eigenvalue weighted by Gasteiger charge is 2.31. The summed E-state index contributed by atoms with van der Waals surface area (Å²) in [6.45, 7) is 2.33. The number of piperazine rings is 1. The van der Waals surface area contributed by atoms with Crippen LogP contribution in [0.4, 0.5) is 13.2 Å². The Kier molecular flexibility index (Phi) is 5.40. The van der Waals surface area contributed by atoms with Gasteiger partial charge >= 0.3 is 6.36 Å². The summed E-state index contributed by atoms with van der Waals surface area (Å²) < 4.78 is 42.5. The molecule has 30 heavy (non-hydrogen) atoms. The molecule has 0 N–H and O–H groups in total. The van der Waals surface area contributed by atoms with E-state index in [9.17, 15) is 22.8 Å². The maximum Gasteiger partial charge on any atom is 0.573 e. The largest absolute Gasteiger partial charge is 0.573 e. The molecule has 1 fully saturated rings. The molecule has 1 aromatic heterocycles. The van der Waals surface area contributed by atoms with Crippen LogP contribution >= 0.6 is 0 Å². The second kappa shape index (κ2) is 8.00. The number of aryl methyl sites for hydroxylation is 1. The smallest absolute Gasteiger partial charge is 0.406 e. The van der Waals surface area contributed by atoms with Gasteiger partial charge in [-0.3, -0.25) is 14.3 Å². The van der Waals surface area contributed by atoms with Crippen molar-refractivity contribution in [1.82, 2.24) is 19.6 Å². The van der Waals surface area contributed by atoms with E-state index in [2.05, 4.69) is 9.84 Å². The van der Waals surface area contributed by atoms with Crippen LogP contribution in [0, 0.1) is 0 Å². The molecule has 0 saturated carbocycles. The van der Waals surface area contributed by atoms with Crippen molar-refractivity contribution in [2.75, 3.05) is 26.2 Å². The molecule has 1 saturated heterocycles. The summed E-state index contributed by atoms with van der Waals surface area (Å²) in [7, 11) is 0. The van der Waals surface area contributed by atoms with E-state index >= 15 is 0 Å². The monoisotopic (exact) mass is 422 g/mol. The number of hydrogen-bond acceptors (Lipinski definition) is 4. The Morgan fingerprint density at radius 1 is 0.900 bits per heavy atom. The SMILES string of the molecule is O=C(c1ccc(OC(F)(F)F)cc1)N1CCN(C(=O)c2cnn3c2CCCC3)CC1. The molecule has 4 rings (SSSR count). The third kappa shape index (κ3) is 4.27. The van der Waals surface area contributed by atoms with Gasteiger partial charge in [0.05, 0.1) is 17.5 Å². The number of nitrogens with zero attached hydrogens (tertiary/aromatic N) is 4. The summed E-state index contributed by atoms with van der Waals surface area (Å²) in [4.78, 5) is 28.8. The van der Waals surface area contributed by atoms with E-state index < -0.39 is 6.36 Å². The van der Waals surface area contributed by atoms with Crippen molar-refractivity contribution in [2.45, 2.75) is 32.2 Å². The lowest BCUT2D eigenvalue weighted by Gasteiger charge is -2.35. The van der Waals surface area contributed by atoms with Crippen LogP contribution in [0.2, 0.25) is 0 Å². The Hall–Kier alpha value is -3.04. The molecule has 0 atom stereocenters. The number of halogens is 3. The van der Waals surface area contributed by atoms with Gasteiger partial charge in [0.25, 0.3) is 11.8 Å². The van der Waals surface area contributed by atoms with Crippen molar-refractivity contribution in [1.29, 1.82) is 0 Å². The van der Waals surface area contributed by atoms with E-state index in [-0.39, 0.29) is 23.1 Å². The first-order chi connectivity index (χ1) is 14.3. The number of fused-ring (bicyclic) bond motifs is 1. The number of hydrogen-bond donors (Lipinski definition) is 0. The molecular weight excluding hydrogens is 401 g/mol. The Bertz CT molecular complexity index is 932. The summed E-state index contributed by atoms with van der Waals surface area (Å²) in [5.74, 6) is -0.735. The standard InChI is InChI=1S/C20H21F3N4O3/c21-20(22,23)30-15-6-4-14(5-7-15)18(28)25-9-11-26(12-10-25)19(29)16-13-24-27-8-2-1-3-17(16)27/h4-7,13H,1-3,8-12H2. The normalized spacial score (nSPS) is 16.9. The van der Waals surface area contributed by atoms with Gasteiger partial charge in [-0.2, -0.15) is 5.10 Å². The van der Waals surface area contributed by atoms with Crippen LogP contribution in [0.1, 0.15) is 39.3 Å². The molecule has 0 bridgehead atoms. The highest BCUT2D eigenvalue weighted by Crippen LogP contribution is 2.24. The first kappa shape index (κ1) is 20.2. The van der Waals surface area contributed by atoms with Gasteiger partial charge < -0.3 is 14.5 Å². The molecule has 2 amide bonds. The quantitative estimate of drug-likeness (QED) is 0.763. The third-order valence-electron chi connectivity index (χ3n) is 5.40. The van der Waals surface area contributed by atoms with Crippen molar-refractivity contribution in [3.63, 3.8) is 0 Å². The van der Waals surface area contributed by atoms with Gasteiger partial charge in [0, 0.05) is 38.3 Å². The number of carbonyl (C=O) groups excluding carboxylic acids is 2. The third-order valence-corrected chi connectivity index (χ3v) is 5.40. The van der Waals surface area contributed by atoms with Crippen LogP contribution in [0.25, 0.3) is 0 Å². The maximum atomic E-state index is 12.9. The highest BCUT2D eigenvalue weighted by atomic mass is 19.4. The van der Waals surface area contributed by atoms with Gasteiger partial charge in [0.1, 0.15) is 5.75 Å². The number of ether oxygens (including phenoxy) is 1. The van der Waals surface area contributed by atoms with E-state index in [0.29, 0.717) is 31.7 Å². The predicted octanol–water partition coefficient (Wildman–Crippen LogP) is 2.72. The van der Waals surface area contributed by atoms with Gasteiger partial charge in [-0.05, 0) is 43.5 Å². The van der Waals surface area contributed by atoms with Crippen LogP contribution < -0.4 is 4.74 Å². The summed E-state index contributed by atoms with van der Waals surface area (Å²) in [5, 5.41) is 4.31. The number of aromatic nitrogens is 2. The topological polar surface area (TPSA) is 67.7 Å². The van der Waals surface area contributed by atoms with Gasteiger partial charge in [-0.1, -0.05) is 0 Å². The Balaban J connectivity index is 1.35. The number of carbonyl (C=O) groups is 2. The molecule has 2 aromatic rings. The minimum absolute atomic E-state index is 0.0705. The molecule has 2 aliphatic rings. The first-order valence-electron chi connectivity index (χ1n) is 9.81. The second-order valence-electron chi connectivity index (χ2n) is 7.34. The van der Waals surface area contributed by atoms with Gasteiger partial charge in [0.15, 0.2) is 0 Å². The zero-order valence-corrected chi connectivity index (χ0v) is 16.2. The fraction of sp³-hybridized carbons (Fsp3) is 0.450. The van der Waals surface area contributed by atoms with Crippen LogP contribution in [0.3, 0.4) is 0 Å². The molecule has 3 heterocycles. The molecule has 0 unspecified atom stereocenters. The van der Waals surface area contributed by atoms with E-state index in [1.54, 1.807) is 16.0 Å². The predicted molar refractivity (Wildman–Crippen MR) is 100 cm³/mol. The Labute approximate surface area is 171 Å². The molecule has 1 aromatic carbocycles. The fourth-order valence-corrected chi connectivity index (χ4v) is 3.86. The van der Waals surface area contributed by atoms with Crippen molar-refractivity contribution >= 4 is 11.8 Å². The molecular formula is C20H21F3N4O3. The van der Waals surface area contributed by atoms with Crippen molar-refractivity contribution < 1.29 is 27.5 Å². The van der Waals surface area contributed by atoms with Gasteiger partial charge in [-0.15, -0.1) is 13.2 Å². The lowest BCUT2D eigenvalue weighted by Crippen LogP contribution is -2.50. The van der Waals surface area contributed by atoms with Crippen LogP contribution in [0.5, 0.6) is 5.75 Å². The van der Waals surface area contributed by atoms with E-state index in [0.717, 1.165) is 43.6 Å². The molecule has 7 nitrogen and oxygen atoms in total. The second-order valence-corrected chi connectivity index (χ2v) is 7.34. The molecule has 160 valence electrons. The first-order valence-corrected chi connectivity index (χ1v) is 9.81. The molecule has 0 aliphatic carbocycles. The van der Waals surface area contributed by atoms with E-state index in [1.807, 2.05) is 4.68 Å². The average Bonchev–Trinajstić information content (AvgIpc) is 3.16. The lowest BCUT2D eigenvalue weighted by atomic mass is 10.1. The number of alkyl halides is 3. The van der Waals surface area contributed by atoms with E-state index in [1.165, 1.54) is 12.1 Å². The van der Waals surface area contributed by atoms with Crippen LogP contribution in [0.15, 0.2) is 30.5 Å². The van der Waals surface area contributed by atoms with Gasteiger partial charge in [0.2, 0.25) is 0 Å². The molecule has 2 aliphatic heterocycles.